The van der Waals surface area contributed by atoms with Gasteiger partial charge in [-0.3, -0.25) is 0 Å². The second-order valence-electron chi connectivity index (χ2n) is 5.40. The SMILES string of the molecule is COC(C)(C)CCOc1cccc(OC(C)C)c1N. The number of anilines is 1. The first kappa shape index (κ1) is 15.6. The van der Waals surface area contributed by atoms with E-state index in [2.05, 4.69) is 0 Å². The van der Waals surface area contributed by atoms with E-state index in [0.29, 0.717) is 23.8 Å². The van der Waals surface area contributed by atoms with Crippen molar-refractivity contribution in [3.8, 4) is 11.5 Å². The van der Waals surface area contributed by atoms with Gasteiger partial charge in [0.25, 0.3) is 0 Å². The number of benzene rings is 1. The molecule has 0 amide bonds. The number of nitrogens with two attached hydrogens (primary N) is 1. The molecule has 0 heterocycles. The number of rotatable bonds is 7. The summed E-state index contributed by atoms with van der Waals surface area (Å²) in [5.74, 6) is 1.32. The van der Waals surface area contributed by atoms with E-state index in [1.807, 2.05) is 45.9 Å². The summed E-state index contributed by atoms with van der Waals surface area (Å²) in [4.78, 5) is 0. The van der Waals surface area contributed by atoms with Gasteiger partial charge in [-0.15, -0.1) is 0 Å². The standard InChI is InChI=1S/C15H25NO3/c1-11(2)19-13-8-6-7-12(14(13)16)18-10-9-15(3,4)17-5/h6-8,11H,9-10,16H2,1-5H3. The van der Waals surface area contributed by atoms with Crippen LogP contribution in [0.3, 0.4) is 0 Å². The quantitative estimate of drug-likeness (QED) is 0.770. The van der Waals surface area contributed by atoms with Crippen molar-refractivity contribution in [2.75, 3.05) is 19.5 Å². The van der Waals surface area contributed by atoms with Crippen LogP contribution < -0.4 is 15.2 Å². The number of ether oxygens (including phenoxy) is 3. The van der Waals surface area contributed by atoms with Gasteiger partial charge in [0.2, 0.25) is 0 Å². The molecule has 0 fully saturated rings. The van der Waals surface area contributed by atoms with Crippen molar-refractivity contribution < 1.29 is 14.2 Å². The van der Waals surface area contributed by atoms with Gasteiger partial charge in [0.15, 0.2) is 0 Å². The molecule has 0 aromatic heterocycles. The molecular weight excluding hydrogens is 242 g/mol. The summed E-state index contributed by atoms with van der Waals surface area (Å²) in [5.41, 5.74) is 6.39. The number of methoxy groups -OCH3 is 1. The third-order valence-electron chi connectivity index (χ3n) is 2.90. The number of nitrogen functional groups attached to an aromatic ring is 1. The Labute approximate surface area is 115 Å². The molecule has 108 valence electrons. The van der Waals surface area contributed by atoms with Crippen molar-refractivity contribution in [2.45, 2.75) is 45.8 Å². The highest BCUT2D eigenvalue weighted by atomic mass is 16.5. The normalized spacial score (nSPS) is 11.7. The third kappa shape index (κ3) is 4.99. The lowest BCUT2D eigenvalue weighted by atomic mass is 10.1. The van der Waals surface area contributed by atoms with Crippen molar-refractivity contribution in [1.29, 1.82) is 0 Å². The van der Waals surface area contributed by atoms with Crippen LogP contribution in [0, 0.1) is 0 Å². The number of hydrogen-bond donors (Lipinski definition) is 1. The van der Waals surface area contributed by atoms with Crippen LogP contribution in [0.1, 0.15) is 34.1 Å². The molecule has 0 aliphatic heterocycles. The summed E-state index contributed by atoms with van der Waals surface area (Å²) in [5, 5.41) is 0. The summed E-state index contributed by atoms with van der Waals surface area (Å²) in [6.07, 6.45) is 0.878. The first-order chi connectivity index (χ1) is 8.85. The zero-order valence-electron chi connectivity index (χ0n) is 12.5. The predicted octanol–water partition coefficient (Wildman–Crippen LogP) is 3.25. The average molecular weight is 267 g/mol. The zero-order chi connectivity index (χ0) is 14.5. The molecule has 0 radical (unpaired) electrons. The molecular formula is C15H25NO3. The molecule has 0 bridgehead atoms. The van der Waals surface area contributed by atoms with Crippen LogP contribution in [-0.2, 0) is 4.74 Å². The molecule has 1 aromatic rings. The number of hydrogen-bond acceptors (Lipinski definition) is 4. The lowest BCUT2D eigenvalue weighted by molar-refractivity contribution is 0.00550. The molecule has 19 heavy (non-hydrogen) atoms. The summed E-state index contributed by atoms with van der Waals surface area (Å²) in [6.45, 7) is 8.54. The smallest absolute Gasteiger partial charge is 0.146 e. The molecule has 0 saturated heterocycles. The summed E-state index contributed by atoms with van der Waals surface area (Å²) in [7, 11) is 1.70. The molecule has 0 aliphatic rings. The zero-order valence-corrected chi connectivity index (χ0v) is 12.5. The Morgan fingerprint density at radius 3 is 2.42 bits per heavy atom. The molecule has 4 heteroatoms. The molecule has 1 rings (SSSR count). The Morgan fingerprint density at radius 2 is 1.84 bits per heavy atom. The molecule has 4 nitrogen and oxygen atoms in total. The van der Waals surface area contributed by atoms with Gasteiger partial charge in [0, 0.05) is 13.5 Å². The van der Waals surface area contributed by atoms with Gasteiger partial charge in [-0.05, 0) is 39.8 Å². The molecule has 0 atom stereocenters. The number of para-hydroxylation sites is 1. The van der Waals surface area contributed by atoms with Crippen LogP contribution in [0.2, 0.25) is 0 Å². The molecule has 0 spiro atoms. The van der Waals surface area contributed by atoms with Gasteiger partial charge >= 0.3 is 0 Å². The third-order valence-corrected chi connectivity index (χ3v) is 2.90. The largest absolute Gasteiger partial charge is 0.491 e. The molecule has 1 aromatic carbocycles. The predicted molar refractivity (Wildman–Crippen MR) is 77.8 cm³/mol. The Balaban J connectivity index is 2.64. The van der Waals surface area contributed by atoms with Gasteiger partial charge in [-0.25, -0.2) is 0 Å². The van der Waals surface area contributed by atoms with Crippen LogP contribution in [0.5, 0.6) is 11.5 Å². The lowest BCUT2D eigenvalue weighted by Crippen LogP contribution is -2.25. The van der Waals surface area contributed by atoms with E-state index in [9.17, 15) is 0 Å². The summed E-state index contributed by atoms with van der Waals surface area (Å²) < 4.78 is 16.7. The minimum Gasteiger partial charge on any atom is -0.491 e. The molecule has 0 saturated carbocycles. The lowest BCUT2D eigenvalue weighted by Gasteiger charge is -2.23. The first-order valence-electron chi connectivity index (χ1n) is 6.59. The maximum absolute atomic E-state index is 6.03. The van der Waals surface area contributed by atoms with Crippen LogP contribution in [-0.4, -0.2) is 25.4 Å². The van der Waals surface area contributed by atoms with Crippen LogP contribution in [0.25, 0.3) is 0 Å². The Hall–Kier alpha value is -1.42. The van der Waals surface area contributed by atoms with E-state index < -0.39 is 0 Å². The highest BCUT2D eigenvalue weighted by molar-refractivity contribution is 5.62. The second-order valence-corrected chi connectivity index (χ2v) is 5.40. The topological polar surface area (TPSA) is 53.7 Å². The van der Waals surface area contributed by atoms with E-state index in [4.69, 9.17) is 19.9 Å². The fourth-order valence-corrected chi connectivity index (χ4v) is 1.52. The van der Waals surface area contributed by atoms with Crippen LogP contribution >= 0.6 is 0 Å². The highest BCUT2D eigenvalue weighted by Gasteiger charge is 2.16. The summed E-state index contributed by atoms with van der Waals surface area (Å²) in [6, 6.07) is 5.58. The maximum atomic E-state index is 6.03. The van der Waals surface area contributed by atoms with Crippen molar-refractivity contribution in [1.82, 2.24) is 0 Å². The minimum absolute atomic E-state index is 0.0879. The van der Waals surface area contributed by atoms with E-state index in [1.165, 1.54) is 0 Å². The van der Waals surface area contributed by atoms with Gasteiger partial charge in [-0.1, -0.05) is 6.07 Å². The maximum Gasteiger partial charge on any atom is 0.146 e. The fourth-order valence-electron chi connectivity index (χ4n) is 1.52. The van der Waals surface area contributed by atoms with E-state index in [-0.39, 0.29) is 11.7 Å². The minimum atomic E-state index is -0.194. The van der Waals surface area contributed by atoms with Gasteiger partial charge in [0.05, 0.1) is 18.3 Å². The average Bonchev–Trinajstić information content (AvgIpc) is 2.33. The van der Waals surface area contributed by atoms with Gasteiger partial charge in [0.1, 0.15) is 17.2 Å². The van der Waals surface area contributed by atoms with Crippen molar-refractivity contribution in [2.24, 2.45) is 0 Å². The monoisotopic (exact) mass is 267 g/mol. The first-order valence-corrected chi connectivity index (χ1v) is 6.59. The van der Waals surface area contributed by atoms with Crippen LogP contribution in [0.4, 0.5) is 5.69 Å². The van der Waals surface area contributed by atoms with Crippen LogP contribution in [0.15, 0.2) is 18.2 Å². The Kier molecular flexibility index (Phi) is 5.48. The Bertz CT molecular complexity index is 402. The van der Waals surface area contributed by atoms with E-state index >= 15 is 0 Å². The Morgan fingerprint density at radius 1 is 1.21 bits per heavy atom. The van der Waals surface area contributed by atoms with Gasteiger partial charge < -0.3 is 19.9 Å². The second kappa shape index (κ2) is 6.66. The van der Waals surface area contributed by atoms with Crippen molar-refractivity contribution in [3.05, 3.63) is 18.2 Å². The van der Waals surface area contributed by atoms with E-state index in [1.54, 1.807) is 7.11 Å². The van der Waals surface area contributed by atoms with Crippen molar-refractivity contribution in [3.63, 3.8) is 0 Å². The summed E-state index contributed by atoms with van der Waals surface area (Å²) >= 11 is 0. The van der Waals surface area contributed by atoms with Gasteiger partial charge in [-0.2, -0.15) is 0 Å². The molecule has 2 N–H and O–H groups in total. The van der Waals surface area contributed by atoms with E-state index in [0.717, 1.165) is 6.42 Å². The fraction of sp³-hybridized carbons (Fsp3) is 0.600. The van der Waals surface area contributed by atoms with Crippen molar-refractivity contribution >= 4 is 5.69 Å². The highest BCUT2D eigenvalue weighted by Crippen LogP contribution is 2.32. The molecule has 0 unspecified atom stereocenters. The molecule has 0 aliphatic carbocycles.